The molecule has 0 aliphatic rings. The molecule has 0 fully saturated rings. The number of pyridine rings is 1. The summed E-state index contributed by atoms with van der Waals surface area (Å²) >= 11 is 2.84. The number of amides is 1. The lowest BCUT2D eigenvalue weighted by atomic mass is 10.2. The van der Waals surface area contributed by atoms with Gasteiger partial charge in [-0.3, -0.25) is 9.78 Å². The van der Waals surface area contributed by atoms with E-state index in [4.69, 9.17) is 5.73 Å². The van der Waals surface area contributed by atoms with Crippen LogP contribution in [0.3, 0.4) is 0 Å². The molecule has 2 N–H and O–H groups in total. The second-order valence-corrected chi connectivity index (χ2v) is 3.26. The lowest BCUT2D eigenvalue weighted by molar-refractivity contribution is -0.274. The average Bonchev–Trinajstić information content (AvgIpc) is 1.99. The summed E-state index contributed by atoms with van der Waals surface area (Å²) in [6, 6.07) is 0. The number of nitrogens with zero attached hydrogens (tertiary/aromatic N) is 1. The van der Waals surface area contributed by atoms with Gasteiger partial charge in [0.15, 0.2) is 5.75 Å². The summed E-state index contributed by atoms with van der Waals surface area (Å²) in [5.74, 6) is -1.77. The van der Waals surface area contributed by atoms with Crippen molar-refractivity contribution >= 4 is 21.8 Å². The molecule has 0 unspecified atom stereocenters. The highest BCUT2D eigenvalue weighted by Crippen LogP contribution is 2.29. The van der Waals surface area contributed by atoms with Gasteiger partial charge in [-0.25, -0.2) is 0 Å². The van der Waals surface area contributed by atoms with E-state index in [1.165, 1.54) is 0 Å². The van der Waals surface area contributed by atoms with Crippen molar-refractivity contribution in [3.05, 3.63) is 22.4 Å². The molecule has 0 radical (unpaired) electrons. The molecule has 0 bridgehead atoms. The number of hydrogen-bond acceptors (Lipinski definition) is 3. The predicted molar refractivity (Wildman–Crippen MR) is 47.1 cm³/mol. The van der Waals surface area contributed by atoms with Crippen molar-refractivity contribution < 1.29 is 22.7 Å². The number of carbonyl (C=O) groups is 1. The molecule has 1 heterocycles. The van der Waals surface area contributed by atoms with Crippen molar-refractivity contribution in [1.82, 2.24) is 4.98 Å². The molecule has 4 nitrogen and oxygen atoms in total. The Kier molecular flexibility index (Phi) is 3.18. The van der Waals surface area contributed by atoms with Crippen molar-refractivity contribution in [3.63, 3.8) is 0 Å². The number of primary amides is 1. The molecule has 0 saturated heterocycles. The first-order chi connectivity index (χ1) is 6.81. The van der Waals surface area contributed by atoms with E-state index in [2.05, 4.69) is 25.7 Å². The predicted octanol–water partition coefficient (Wildman–Crippen LogP) is 1.84. The van der Waals surface area contributed by atoms with Crippen molar-refractivity contribution in [1.29, 1.82) is 0 Å². The molecule has 0 atom stereocenters. The minimum absolute atomic E-state index is 0.0387. The highest BCUT2D eigenvalue weighted by atomic mass is 79.9. The maximum atomic E-state index is 11.9. The highest BCUT2D eigenvalue weighted by molar-refractivity contribution is 9.10. The van der Waals surface area contributed by atoms with Crippen LogP contribution in [0.25, 0.3) is 0 Å². The number of halogens is 4. The minimum atomic E-state index is -4.90. The number of hydrogen-bond donors (Lipinski definition) is 1. The summed E-state index contributed by atoms with van der Waals surface area (Å²) < 4.78 is 39.3. The molecule has 8 heteroatoms. The molecule has 0 spiro atoms. The number of rotatable bonds is 2. The number of carbonyl (C=O) groups excluding carboxylic acids is 1. The third kappa shape index (κ3) is 3.08. The molecule has 82 valence electrons. The Bertz CT molecular complexity index is 394. The van der Waals surface area contributed by atoms with E-state index >= 15 is 0 Å². The Balaban J connectivity index is 3.18. The summed E-state index contributed by atoms with van der Waals surface area (Å²) in [5, 5.41) is 0. The Morgan fingerprint density at radius 2 is 2.07 bits per heavy atom. The van der Waals surface area contributed by atoms with Gasteiger partial charge in [-0.2, -0.15) is 0 Å². The van der Waals surface area contributed by atoms with Crippen LogP contribution in [0.1, 0.15) is 10.4 Å². The summed E-state index contributed by atoms with van der Waals surface area (Å²) in [5.41, 5.74) is 4.49. The summed E-state index contributed by atoms with van der Waals surface area (Å²) in [6.07, 6.45) is -2.99. The molecule has 0 aromatic carbocycles. The average molecular weight is 285 g/mol. The van der Waals surface area contributed by atoms with E-state index in [1.54, 1.807) is 0 Å². The molecule has 0 saturated carbocycles. The number of aromatic nitrogens is 1. The van der Waals surface area contributed by atoms with Crippen molar-refractivity contribution in [2.45, 2.75) is 6.36 Å². The maximum Gasteiger partial charge on any atom is 0.573 e. The topological polar surface area (TPSA) is 65.2 Å². The van der Waals surface area contributed by atoms with E-state index in [9.17, 15) is 18.0 Å². The van der Waals surface area contributed by atoms with Crippen LogP contribution in [0.15, 0.2) is 16.9 Å². The summed E-state index contributed by atoms with van der Waals surface area (Å²) in [6.45, 7) is 0. The van der Waals surface area contributed by atoms with Gasteiger partial charge in [0.25, 0.3) is 5.91 Å². The van der Waals surface area contributed by atoms with Crippen LogP contribution in [0.4, 0.5) is 13.2 Å². The molecule has 1 rings (SSSR count). The zero-order valence-electron chi connectivity index (χ0n) is 7.01. The van der Waals surface area contributed by atoms with Gasteiger partial charge in [0.1, 0.15) is 0 Å². The van der Waals surface area contributed by atoms with Crippen LogP contribution < -0.4 is 10.5 Å². The Hall–Kier alpha value is -1.31. The standard InChI is InChI=1S/C7H4BrF3N2O2/c8-3-1-13-2-4(5(3)6(12)14)15-7(9,10)11/h1-2H,(H2,12,14). The summed E-state index contributed by atoms with van der Waals surface area (Å²) in [7, 11) is 0. The van der Waals surface area contributed by atoms with Gasteiger partial charge in [-0.15, -0.1) is 13.2 Å². The number of ether oxygens (including phenoxy) is 1. The second kappa shape index (κ2) is 4.05. The van der Waals surface area contributed by atoms with Crippen LogP contribution >= 0.6 is 15.9 Å². The zero-order valence-corrected chi connectivity index (χ0v) is 8.59. The Morgan fingerprint density at radius 1 is 1.47 bits per heavy atom. The van der Waals surface area contributed by atoms with Gasteiger partial charge >= 0.3 is 6.36 Å². The Labute approximate surface area is 90.4 Å². The number of nitrogens with two attached hydrogens (primary N) is 1. The first kappa shape index (κ1) is 11.8. The van der Waals surface area contributed by atoms with Gasteiger partial charge in [-0.05, 0) is 15.9 Å². The van der Waals surface area contributed by atoms with E-state index < -0.39 is 23.6 Å². The van der Waals surface area contributed by atoms with Crippen LogP contribution in [-0.2, 0) is 0 Å². The fourth-order valence-corrected chi connectivity index (χ4v) is 1.37. The number of alkyl halides is 3. The second-order valence-electron chi connectivity index (χ2n) is 2.41. The smallest absolute Gasteiger partial charge is 0.403 e. The highest BCUT2D eigenvalue weighted by Gasteiger charge is 2.33. The fourth-order valence-electron chi connectivity index (χ4n) is 0.858. The van der Waals surface area contributed by atoms with Crippen LogP contribution in [0, 0.1) is 0 Å². The van der Waals surface area contributed by atoms with Crippen molar-refractivity contribution in [2.75, 3.05) is 0 Å². The quantitative estimate of drug-likeness (QED) is 0.901. The molecular formula is C7H4BrF3N2O2. The SMILES string of the molecule is NC(=O)c1c(Br)cncc1OC(F)(F)F. The molecule has 1 amide bonds. The van der Waals surface area contributed by atoms with E-state index in [0.29, 0.717) is 0 Å². The van der Waals surface area contributed by atoms with Crippen LogP contribution in [0.5, 0.6) is 5.75 Å². The van der Waals surface area contributed by atoms with Gasteiger partial charge < -0.3 is 10.5 Å². The molecular weight excluding hydrogens is 281 g/mol. The molecule has 15 heavy (non-hydrogen) atoms. The van der Waals surface area contributed by atoms with Crippen LogP contribution in [0.2, 0.25) is 0 Å². The first-order valence-corrected chi connectivity index (χ1v) is 4.29. The molecule has 0 aliphatic carbocycles. The van der Waals surface area contributed by atoms with E-state index in [1.807, 2.05) is 0 Å². The van der Waals surface area contributed by atoms with Crippen LogP contribution in [-0.4, -0.2) is 17.3 Å². The minimum Gasteiger partial charge on any atom is -0.403 e. The molecule has 1 aromatic rings. The fraction of sp³-hybridized carbons (Fsp3) is 0.143. The maximum absolute atomic E-state index is 11.9. The largest absolute Gasteiger partial charge is 0.573 e. The van der Waals surface area contributed by atoms with E-state index in [0.717, 1.165) is 12.4 Å². The molecule has 0 aliphatic heterocycles. The van der Waals surface area contributed by atoms with Crippen molar-refractivity contribution in [3.8, 4) is 5.75 Å². The van der Waals surface area contributed by atoms with E-state index in [-0.39, 0.29) is 4.47 Å². The lowest BCUT2D eigenvalue weighted by Gasteiger charge is -2.11. The third-order valence-electron chi connectivity index (χ3n) is 1.34. The van der Waals surface area contributed by atoms with Gasteiger partial charge in [0.05, 0.1) is 16.2 Å². The first-order valence-electron chi connectivity index (χ1n) is 3.50. The van der Waals surface area contributed by atoms with Gasteiger partial charge in [0.2, 0.25) is 0 Å². The molecule has 1 aromatic heterocycles. The summed E-state index contributed by atoms with van der Waals surface area (Å²) in [4.78, 5) is 14.3. The van der Waals surface area contributed by atoms with Gasteiger partial charge in [-0.1, -0.05) is 0 Å². The van der Waals surface area contributed by atoms with Gasteiger partial charge in [0, 0.05) is 6.20 Å². The monoisotopic (exact) mass is 284 g/mol. The lowest BCUT2D eigenvalue weighted by Crippen LogP contribution is -2.21. The third-order valence-corrected chi connectivity index (χ3v) is 1.94. The zero-order chi connectivity index (χ0) is 11.6. The Morgan fingerprint density at radius 3 is 2.53 bits per heavy atom. The normalized spacial score (nSPS) is 11.2. The van der Waals surface area contributed by atoms with Crippen molar-refractivity contribution in [2.24, 2.45) is 5.73 Å².